The van der Waals surface area contributed by atoms with Gasteiger partial charge < -0.3 is 15.0 Å². The number of amides is 1. The summed E-state index contributed by atoms with van der Waals surface area (Å²) >= 11 is 0. The number of alkyl carbamates (subject to hydrolysis) is 1. The molecule has 1 aromatic heterocycles. The molecule has 0 saturated carbocycles. The smallest absolute Gasteiger partial charge is 0.416 e. The molecule has 0 saturated heterocycles. The summed E-state index contributed by atoms with van der Waals surface area (Å²) < 4.78 is 44.6. The maximum Gasteiger partial charge on any atom is 0.416 e. The Balaban J connectivity index is 1.81. The van der Waals surface area contributed by atoms with E-state index in [1.165, 1.54) is 19.2 Å². The van der Waals surface area contributed by atoms with E-state index in [-0.39, 0.29) is 5.92 Å². The van der Waals surface area contributed by atoms with Crippen LogP contribution in [0.3, 0.4) is 0 Å². The van der Waals surface area contributed by atoms with E-state index in [0.717, 1.165) is 18.0 Å². The molecular weight excluding hydrogens is 337 g/mol. The first-order valence-electron chi connectivity index (χ1n) is 7.67. The highest BCUT2D eigenvalue weighted by Gasteiger charge is 2.31. The summed E-state index contributed by atoms with van der Waals surface area (Å²) in [5, 5.41) is 6.89. The van der Waals surface area contributed by atoms with Crippen LogP contribution in [-0.4, -0.2) is 36.1 Å². The van der Waals surface area contributed by atoms with Crippen LogP contribution in [0.4, 0.5) is 29.5 Å². The molecule has 3 rings (SSSR count). The molecule has 0 fully saturated rings. The maximum atomic E-state index is 12.7. The molecule has 134 valence electrons. The molecule has 1 aliphatic heterocycles. The van der Waals surface area contributed by atoms with Crippen LogP contribution in [0.25, 0.3) is 0 Å². The summed E-state index contributed by atoms with van der Waals surface area (Å²) in [6.45, 7) is 1.52. The predicted octanol–water partition coefficient (Wildman–Crippen LogP) is 3.03. The number of anilines is 2. The fraction of sp³-hybridized carbons (Fsp3) is 0.375. The van der Waals surface area contributed by atoms with Gasteiger partial charge in [-0.25, -0.2) is 9.48 Å². The van der Waals surface area contributed by atoms with Gasteiger partial charge in [-0.3, -0.25) is 0 Å². The predicted molar refractivity (Wildman–Crippen MR) is 84.6 cm³/mol. The largest absolute Gasteiger partial charge is 0.453 e. The highest BCUT2D eigenvalue weighted by atomic mass is 19.4. The quantitative estimate of drug-likeness (QED) is 0.921. The Morgan fingerprint density at radius 2 is 2.00 bits per heavy atom. The molecule has 0 aliphatic carbocycles. The summed E-state index contributed by atoms with van der Waals surface area (Å²) in [6, 6.07) is 6.81. The third kappa shape index (κ3) is 3.70. The number of nitrogens with one attached hydrogen (secondary N) is 1. The molecule has 0 bridgehead atoms. The fourth-order valence-electron chi connectivity index (χ4n) is 2.85. The number of methoxy groups -OCH3 is 1. The van der Waals surface area contributed by atoms with E-state index in [4.69, 9.17) is 0 Å². The first kappa shape index (κ1) is 17.1. The van der Waals surface area contributed by atoms with Gasteiger partial charge in [-0.15, -0.1) is 0 Å². The van der Waals surface area contributed by atoms with Crippen molar-refractivity contribution in [2.24, 2.45) is 5.92 Å². The lowest BCUT2D eigenvalue weighted by molar-refractivity contribution is -0.137. The number of benzene rings is 1. The molecule has 2 heterocycles. The van der Waals surface area contributed by atoms with E-state index < -0.39 is 17.8 Å². The molecule has 1 amide bonds. The zero-order chi connectivity index (χ0) is 18.0. The van der Waals surface area contributed by atoms with Gasteiger partial charge in [-0.2, -0.15) is 18.3 Å². The zero-order valence-corrected chi connectivity index (χ0v) is 13.5. The lowest BCUT2D eigenvalue weighted by atomic mass is 10.1. The molecule has 25 heavy (non-hydrogen) atoms. The highest BCUT2D eigenvalue weighted by Crippen LogP contribution is 2.34. The Morgan fingerprint density at radius 1 is 1.28 bits per heavy atom. The summed E-state index contributed by atoms with van der Waals surface area (Å²) in [5.74, 6) is 0.836. The van der Waals surface area contributed by atoms with Gasteiger partial charge >= 0.3 is 12.3 Å². The van der Waals surface area contributed by atoms with Crippen LogP contribution in [0.5, 0.6) is 0 Å². The zero-order valence-electron chi connectivity index (χ0n) is 13.5. The van der Waals surface area contributed by atoms with Crippen molar-refractivity contribution in [2.45, 2.75) is 12.7 Å². The van der Waals surface area contributed by atoms with E-state index in [2.05, 4.69) is 15.2 Å². The molecule has 1 N–H and O–H groups in total. The highest BCUT2D eigenvalue weighted by molar-refractivity contribution is 5.67. The number of hydrogen-bond acceptors (Lipinski definition) is 4. The van der Waals surface area contributed by atoms with Crippen LogP contribution in [0, 0.1) is 5.92 Å². The molecule has 1 aliphatic rings. The number of fused-ring (bicyclic) bond motifs is 1. The van der Waals surface area contributed by atoms with Gasteiger partial charge in [-0.1, -0.05) is 0 Å². The number of hydrogen-bond donors (Lipinski definition) is 1. The normalized spacial score (nSPS) is 17.1. The Bertz CT molecular complexity index is 743. The number of alkyl halides is 3. The van der Waals surface area contributed by atoms with Crippen molar-refractivity contribution in [3.8, 4) is 0 Å². The van der Waals surface area contributed by atoms with Crippen LogP contribution in [0.1, 0.15) is 5.56 Å². The Morgan fingerprint density at radius 3 is 2.64 bits per heavy atom. The monoisotopic (exact) mass is 354 g/mol. The SMILES string of the molecule is COC(=O)NCC1CN(c2ccc(C(F)(F)F)cc2)c2ccnn2C1. The summed E-state index contributed by atoms with van der Waals surface area (Å²) in [5.41, 5.74) is -0.0526. The summed E-state index contributed by atoms with van der Waals surface area (Å²) in [6.07, 6.45) is -3.25. The van der Waals surface area contributed by atoms with Crippen molar-refractivity contribution in [1.29, 1.82) is 0 Å². The molecule has 1 atom stereocenters. The van der Waals surface area contributed by atoms with E-state index in [1.54, 1.807) is 10.9 Å². The van der Waals surface area contributed by atoms with Crippen molar-refractivity contribution in [3.63, 3.8) is 0 Å². The number of ether oxygens (including phenoxy) is 1. The average molecular weight is 354 g/mol. The second-order valence-corrected chi connectivity index (χ2v) is 5.77. The third-order valence-electron chi connectivity index (χ3n) is 4.07. The average Bonchev–Trinajstić information content (AvgIpc) is 3.06. The van der Waals surface area contributed by atoms with Gasteiger partial charge in [0.15, 0.2) is 0 Å². The molecule has 0 spiro atoms. The lowest BCUT2D eigenvalue weighted by Crippen LogP contribution is -2.41. The molecule has 9 heteroatoms. The second kappa shape index (κ2) is 6.66. The Hall–Kier alpha value is -2.71. The van der Waals surface area contributed by atoms with E-state index in [9.17, 15) is 18.0 Å². The second-order valence-electron chi connectivity index (χ2n) is 5.77. The minimum absolute atomic E-state index is 0.0359. The minimum atomic E-state index is -4.37. The summed E-state index contributed by atoms with van der Waals surface area (Å²) in [7, 11) is 1.29. The number of carbonyl (C=O) groups is 1. The number of carbonyl (C=O) groups excluding carboxylic acids is 1. The van der Waals surface area contributed by atoms with Gasteiger partial charge in [0.2, 0.25) is 0 Å². The number of rotatable bonds is 3. The molecule has 6 nitrogen and oxygen atoms in total. The maximum absolute atomic E-state index is 12.7. The number of nitrogens with zero attached hydrogens (tertiary/aromatic N) is 3. The first-order chi connectivity index (χ1) is 11.9. The molecular formula is C16H17F3N4O2. The van der Waals surface area contributed by atoms with Gasteiger partial charge in [0.1, 0.15) is 5.82 Å². The molecule has 1 unspecified atom stereocenters. The molecule has 2 aromatic rings. The lowest BCUT2D eigenvalue weighted by Gasteiger charge is -2.34. The minimum Gasteiger partial charge on any atom is -0.453 e. The van der Waals surface area contributed by atoms with Crippen molar-refractivity contribution in [3.05, 3.63) is 42.1 Å². The van der Waals surface area contributed by atoms with E-state index in [1.807, 2.05) is 11.0 Å². The topological polar surface area (TPSA) is 59.4 Å². The number of aromatic nitrogens is 2. The van der Waals surface area contributed by atoms with Crippen LogP contribution in [-0.2, 0) is 17.5 Å². The standard InChI is InChI=1S/C16H17F3N4O2/c1-25-15(24)20-8-11-9-22(14-6-7-21-23(14)10-11)13-4-2-12(3-5-13)16(17,18)19/h2-7,11H,8-10H2,1H3,(H,20,24). The van der Waals surface area contributed by atoms with Crippen LogP contribution >= 0.6 is 0 Å². The van der Waals surface area contributed by atoms with Crippen molar-refractivity contribution in [1.82, 2.24) is 15.1 Å². The Kier molecular flexibility index (Phi) is 4.56. The van der Waals surface area contributed by atoms with Gasteiger partial charge in [0.05, 0.1) is 18.9 Å². The molecule has 0 radical (unpaired) electrons. The van der Waals surface area contributed by atoms with Crippen molar-refractivity contribution in [2.75, 3.05) is 25.1 Å². The van der Waals surface area contributed by atoms with E-state index in [0.29, 0.717) is 25.3 Å². The van der Waals surface area contributed by atoms with Crippen molar-refractivity contribution < 1.29 is 22.7 Å². The van der Waals surface area contributed by atoms with Crippen LogP contribution < -0.4 is 10.2 Å². The fourth-order valence-corrected chi connectivity index (χ4v) is 2.85. The van der Waals surface area contributed by atoms with Gasteiger partial charge in [0.25, 0.3) is 0 Å². The summed E-state index contributed by atoms with van der Waals surface area (Å²) in [4.78, 5) is 13.1. The van der Waals surface area contributed by atoms with Crippen molar-refractivity contribution >= 4 is 17.6 Å². The number of halogens is 3. The Labute approximate surface area is 142 Å². The van der Waals surface area contributed by atoms with Crippen LogP contribution in [0.15, 0.2) is 36.5 Å². The van der Waals surface area contributed by atoms with Gasteiger partial charge in [-0.05, 0) is 24.3 Å². The third-order valence-corrected chi connectivity index (χ3v) is 4.07. The first-order valence-corrected chi connectivity index (χ1v) is 7.67. The molecule has 1 aromatic carbocycles. The van der Waals surface area contributed by atoms with Crippen LogP contribution in [0.2, 0.25) is 0 Å². The van der Waals surface area contributed by atoms with E-state index >= 15 is 0 Å². The van der Waals surface area contributed by atoms with Gasteiger partial charge in [0, 0.05) is 37.3 Å².